The molecule has 3 aliphatic rings. The molecule has 1 aromatic carbocycles. The zero-order chi connectivity index (χ0) is 21.8. The molecule has 0 spiro atoms. The van der Waals surface area contributed by atoms with Gasteiger partial charge in [-0.2, -0.15) is 20.5 Å². The number of anilines is 1. The van der Waals surface area contributed by atoms with Crippen LogP contribution < -0.4 is 10.1 Å². The number of hydrogen-bond acceptors (Lipinski definition) is 8. The highest BCUT2D eigenvalue weighted by atomic mass is 16.5. The minimum Gasteiger partial charge on any atom is -0.436 e. The molecule has 0 aliphatic heterocycles. The molecule has 0 radical (unpaired) electrons. The topological polar surface area (TPSA) is 125 Å². The van der Waals surface area contributed by atoms with Crippen LogP contribution in [0, 0.1) is 41.9 Å². The summed E-state index contributed by atoms with van der Waals surface area (Å²) in [5.74, 6) is 1.49. The van der Waals surface area contributed by atoms with Crippen LogP contribution in [0.5, 0.6) is 11.6 Å². The van der Waals surface area contributed by atoms with Gasteiger partial charge < -0.3 is 10.1 Å². The fourth-order valence-corrected chi connectivity index (χ4v) is 4.80. The number of rotatable bonds is 5. The lowest BCUT2D eigenvalue weighted by molar-refractivity contribution is -0.0665. The van der Waals surface area contributed by atoms with Crippen LogP contribution in [0.4, 0.5) is 5.95 Å². The van der Waals surface area contributed by atoms with Gasteiger partial charge in [0.05, 0.1) is 17.6 Å². The van der Waals surface area contributed by atoms with Gasteiger partial charge in [0.2, 0.25) is 11.6 Å². The fourth-order valence-electron chi connectivity index (χ4n) is 4.80. The quantitative estimate of drug-likeness (QED) is 0.631. The third kappa shape index (κ3) is 2.98. The van der Waals surface area contributed by atoms with Crippen molar-refractivity contribution >= 4 is 23.2 Å². The molecule has 0 atom stereocenters. The number of aromatic nitrogens is 5. The van der Waals surface area contributed by atoms with Crippen LogP contribution in [0.15, 0.2) is 18.2 Å². The normalized spacial score (nSPS) is 23.6. The summed E-state index contributed by atoms with van der Waals surface area (Å²) in [5, 5.41) is 29.6. The van der Waals surface area contributed by atoms with E-state index in [-0.39, 0.29) is 11.0 Å². The predicted molar refractivity (Wildman–Crippen MR) is 113 cm³/mol. The zero-order valence-corrected chi connectivity index (χ0v) is 17.5. The maximum Gasteiger partial charge on any atom is 0.252 e. The number of aryl methyl sites for hydroxylation is 3. The van der Waals surface area contributed by atoms with Gasteiger partial charge in [0.15, 0.2) is 5.52 Å². The molecule has 6 rings (SSSR count). The molecule has 1 N–H and O–H groups in total. The molecular formula is C22H20N8O. The molecule has 9 heteroatoms. The van der Waals surface area contributed by atoms with Crippen molar-refractivity contribution in [3.8, 4) is 23.8 Å². The molecule has 3 fully saturated rings. The molecule has 2 heterocycles. The number of hydrogen-bond donors (Lipinski definition) is 1. The van der Waals surface area contributed by atoms with Crippen LogP contribution in [-0.2, 0) is 7.05 Å². The monoisotopic (exact) mass is 412 g/mol. The number of nitriles is 2. The molecule has 3 saturated carbocycles. The molecule has 9 nitrogen and oxygen atoms in total. The number of fused-ring (bicyclic) bond motifs is 1. The summed E-state index contributed by atoms with van der Waals surface area (Å²) in [6.45, 7) is 3.91. The van der Waals surface area contributed by atoms with Crippen molar-refractivity contribution in [3.05, 3.63) is 34.9 Å². The summed E-state index contributed by atoms with van der Waals surface area (Å²) >= 11 is 0. The van der Waals surface area contributed by atoms with Crippen LogP contribution in [0.3, 0.4) is 0 Å². The summed E-state index contributed by atoms with van der Waals surface area (Å²) in [7, 11) is 1.77. The van der Waals surface area contributed by atoms with E-state index in [1.807, 2.05) is 32.0 Å². The van der Waals surface area contributed by atoms with Gasteiger partial charge in [-0.05, 0) is 68.0 Å². The second-order valence-corrected chi connectivity index (χ2v) is 8.61. The van der Waals surface area contributed by atoms with Crippen molar-refractivity contribution in [2.75, 3.05) is 5.32 Å². The molecular weight excluding hydrogens is 392 g/mol. The maximum absolute atomic E-state index is 9.27. The van der Waals surface area contributed by atoms with Gasteiger partial charge in [-0.15, -0.1) is 5.10 Å². The highest BCUT2D eigenvalue weighted by Gasteiger charge is 2.69. The lowest BCUT2D eigenvalue weighted by Gasteiger charge is -2.66. The Bertz CT molecular complexity index is 1300. The van der Waals surface area contributed by atoms with Crippen LogP contribution in [0.2, 0.25) is 0 Å². The van der Waals surface area contributed by atoms with E-state index in [0.717, 1.165) is 36.0 Å². The molecule has 0 unspecified atom stereocenters. The van der Waals surface area contributed by atoms with Crippen LogP contribution in [0.25, 0.3) is 17.2 Å². The van der Waals surface area contributed by atoms with E-state index in [2.05, 4.69) is 31.7 Å². The molecule has 2 bridgehead atoms. The lowest BCUT2D eigenvalue weighted by Crippen LogP contribution is -2.70. The van der Waals surface area contributed by atoms with Crippen molar-refractivity contribution in [2.24, 2.45) is 12.5 Å². The Hall–Kier alpha value is -3.98. The van der Waals surface area contributed by atoms with E-state index < -0.39 is 0 Å². The second-order valence-electron chi connectivity index (χ2n) is 8.61. The van der Waals surface area contributed by atoms with Gasteiger partial charge in [0.25, 0.3) is 5.88 Å². The van der Waals surface area contributed by atoms with Gasteiger partial charge >= 0.3 is 0 Å². The standard InChI is InChI=1S/C22H20N8O/c1-13-7-15(5-4-6-23)8-14(2)17(13)31-19-16-18(28-29-30(16)3)25-20(26-19)27-22-9-21(10-22,11-22)12-24/h4-5,7-8H,9-11H2,1-3H3,(H,25,26,27)/b5-4+. The van der Waals surface area contributed by atoms with Crippen LogP contribution >= 0.6 is 0 Å². The average molecular weight is 412 g/mol. The summed E-state index contributed by atoms with van der Waals surface area (Å²) in [6, 6.07) is 8.33. The second kappa shape index (κ2) is 6.51. The van der Waals surface area contributed by atoms with Gasteiger partial charge in [-0.3, -0.25) is 0 Å². The Morgan fingerprint density at radius 2 is 1.87 bits per heavy atom. The van der Waals surface area contributed by atoms with E-state index in [0.29, 0.717) is 28.7 Å². The number of benzene rings is 1. The maximum atomic E-state index is 9.27. The summed E-state index contributed by atoms with van der Waals surface area (Å²) < 4.78 is 7.87. The third-order valence-corrected chi connectivity index (χ3v) is 6.11. The van der Waals surface area contributed by atoms with E-state index >= 15 is 0 Å². The van der Waals surface area contributed by atoms with Crippen molar-refractivity contribution in [3.63, 3.8) is 0 Å². The molecule has 0 amide bonds. The minimum atomic E-state index is -0.168. The lowest BCUT2D eigenvalue weighted by atomic mass is 9.40. The highest BCUT2D eigenvalue weighted by Crippen LogP contribution is 2.67. The Morgan fingerprint density at radius 1 is 1.16 bits per heavy atom. The first-order valence-electron chi connectivity index (χ1n) is 9.98. The van der Waals surface area contributed by atoms with Crippen molar-refractivity contribution in [2.45, 2.75) is 38.6 Å². The first-order chi connectivity index (χ1) is 14.9. The number of nitrogens with zero attached hydrogens (tertiary/aromatic N) is 7. The molecule has 3 aromatic rings. The highest BCUT2D eigenvalue weighted by molar-refractivity contribution is 5.77. The third-order valence-electron chi connectivity index (χ3n) is 6.11. The van der Waals surface area contributed by atoms with E-state index in [1.54, 1.807) is 17.8 Å². The fraction of sp³-hybridized carbons (Fsp3) is 0.364. The van der Waals surface area contributed by atoms with E-state index in [4.69, 9.17) is 10.00 Å². The van der Waals surface area contributed by atoms with Gasteiger partial charge in [-0.25, -0.2) is 4.68 Å². The van der Waals surface area contributed by atoms with Crippen LogP contribution in [-0.4, -0.2) is 30.5 Å². The average Bonchev–Trinajstić information content (AvgIpc) is 3.05. The summed E-state index contributed by atoms with van der Waals surface area (Å²) in [4.78, 5) is 9.15. The minimum absolute atomic E-state index is 0.108. The number of ether oxygens (including phenoxy) is 1. The molecule has 3 aliphatic carbocycles. The Balaban J connectivity index is 1.50. The van der Waals surface area contributed by atoms with Crippen molar-refractivity contribution in [1.82, 2.24) is 25.0 Å². The van der Waals surface area contributed by atoms with Crippen molar-refractivity contribution < 1.29 is 4.74 Å². The van der Waals surface area contributed by atoms with Gasteiger partial charge in [0, 0.05) is 18.7 Å². The smallest absolute Gasteiger partial charge is 0.252 e. The van der Waals surface area contributed by atoms with Crippen LogP contribution in [0.1, 0.15) is 36.0 Å². The van der Waals surface area contributed by atoms with Gasteiger partial charge in [-0.1, -0.05) is 5.21 Å². The number of nitrogens with one attached hydrogen (secondary N) is 1. The molecule has 0 saturated heterocycles. The number of allylic oxidation sites excluding steroid dienone is 1. The zero-order valence-electron chi connectivity index (χ0n) is 17.5. The summed E-state index contributed by atoms with van der Waals surface area (Å²) in [5.41, 5.74) is 3.54. The predicted octanol–water partition coefficient (Wildman–Crippen LogP) is 3.56. The Labute approximate surface area is 179 Å². The molecule has 31 heavy (non-hydrogen) atoms. The Morgan fingerprint density at radius 3 is 2.52 bits per heavy atom. The first-order valence-corrected chi connectivity index (χ1v) is 9.98. The van der Waals surface area contributed by atoms with E-state index in [9.17, 15) is 5.26 Å². The molecule has 2 aromatic heterocycles. The molecule has 154 valence electrons. The Kier molecular flexibility index (Phi) is 3.99. The van der Waals surface area contributed by atoms with E-state index in [1.165, 1.54) is 6.08 Å². The summed E-state index contributed by atoms with van der Waals surface area (Å²) in [6.07, 6.45) is 5.64. The van der Waals surface area contributed by atoms with Gasteiger partial charge in [0.1, 0.15) is 5.75 Å². The largest absolute Gasteiger partial charge is 0.436 e. The first kappa shape index (κ1) is 19.0. The SMILES string of the molecule is Cc1cc(/C=C/C#N)cc(C)c1Oc1nc(NC23CC(C#N)(C2)C3)nc2nnn(C)c12. The van der Waals surface area contributed by atoms with Crippen molar-refractivity contribution in [1.29, 1.82) is 10.5 Å².